The van der Waals surface area contributed by atoms with Crippen LogP contribution < -0.4 is 0 Å². The molecule has 0 aliphatic heterocycles. The quantitative estimate of drug-likeness (QED) is 0.170. The van der Waals surface area contributed by atoms with Gasteiger partial charge in [0.15, 0.2) is 17.5 Å². The molecule has 262 valence electrons. The first-order chi connectivity index (χ1) is 33.2. The van der Waals surface area contributed by atoms with Crippen molar-refractivity contribution in [3.05, 3.63) is 188 Å². The molecule has 0 atom stereocenters. The zero-order chi connectivity index (χ0) is 48.3. The second kappa shape index (κ2) is 13.0. The molecule has 0 radical (unpaired) electrons. The topological polar surface area (TPSA) is 65.0 Å². The first kappa shape index (κ1) is 21.3. The predicted octanol–water partition coefficient (Wildman–Crippen LogP) is 13.7. The summed E-state index contributed by atoms with van der Waals surface area (Å²) < 4.78 is 129. The molecule has 11 rings (SSSR count). The van der Waals surface area contributed by atoms with E-state index in [1.807, 2.05) is 109 Å². The standard InChI is InChI=1S/C51H31N3O2/c1-3-10-32(11-4-1)34-18-20-35(21-19-34)49-52-50(39-15-9-14-36(28-39)33-12-5-2-6-13-33)54-51(53-49)40-22-25-42-44-30-38(24-27-47(44)56-48(42)31-40)37-23-26-46-43(29-37)41-16-7-8-17-45(41)55-46/h1-31H/i7D,8D,16D,17D,22D,23D,24D,25D,26D,27D,29D,30D,31D. The normalized spacial score (nSPS) is 14.8. The highest BCUT2D eigenvalue weighted by atomic mass is 16.3. The molecule has 5 heteroatoms. The largest absolute Gasteiger partial charge is 0.456 e. The number of aromatic nitrogens is 3. The monoisotopic (exact) mass is 730 g/mol. The average Bonchev–Trinajstić information content (AvgIpc) is 3.99. The SMILES string of the molecule is [2H]c1c([2H])c([2H])c2c(oc3c([2H])c([2H])c(-c4c([2H])c([2H])c5oc6c([2H])c(-c7nc(-c8ccc(-c9ccccc9)cc8)nc(-c8cccc(-c9ccccc9)c8)n7)c([2H])c([2H])c6c5c4[2H])c([2H])c32)c1[2H]. The van der Waals surface area contributed by atoms with Crippen molar-refractivity contribution in [1.29, 1.82) is 0 Å². The molecule has 0 N–H and O–H groups in total. The second-order valence-corrected chi connectivity index (χ2v) is 13.0. The lowest BCUT2D eigenvalue weighted by Gasteiger charge is -2.10. The Morgan fingerprint density at radius 3 is 1.50 bits per heavy atom. The average molecular weight is 731 g/mol. The zero-order valence-electron chi connectivity index (χ0n) is 42.1. The Morgan fingerprint density at radius 1 is 0.321 bits per heavy atom. The van der Waals surface area contributed by atoms with E-state index >= 15 is 0 Å². The van der Waals surface area contributed by atoms with Gasteiger partial charge in [0.1, 0.15) is 22.3 Å². The molecule has 0 fully saturated rings. The van der Waals surface area contributed by atoms with Crippen LogP contribution in [0.1, 0.15) is 17.8 Å². The minimum atomic E-state index is -0.686. The van der Waals surface area contributed by atoms with Gasteiger partial charge in [-0.3, -0.25) is 0 Å². The molecule has 0 bridgehead atoms. The van der Waals surface area contributed by atoms with E-state index in [0.717, 1.165) is 22.3 Å². The maximum absolute atomic E-state index is 9.57. The van der Waals surface area contributed by atoms with Crippen LogP contribution in [-0.4, -0.2) is 15.0 Å². The van der Waals surface area contributed by atoms with E-state index < -0.39 is 89.7 Å². The van der Waals surface area contributed by atoms with Crippen molar-refractivity contribution >= 4 is 43.9 Å². The van der Waals surface area contributed by atoms with Gasteiger partial charge < -0.3 is 8.83 Å². The lowest BCUT2D eigenvalue weighted by atomic mass is 10.0. The summed E-state index contributed by atoms with van der Waals surface area (Å²) in [5, 5.41) is -0.959. The van der Waals surface area contributed by atoms with Gasteiger partial charge in [-0.05, 0) is 81.7 Å². The van der Waals surface area contributed by atoms with Crippen LogP contribution in [0.3, 0.4) is 0 Å². The van der Waals surface area contributed by atoms with Gasteiger partial charge in [0, 0.05) is 38.2 Å². The summed E-state index contributed by atoms with van der Waals surface area (Å²) in [6, 6.07) is 27.0. The van der Waals surface area contributed by atoms with Gasteiger partial charge in [0.05, 0.1) is 17.8 Å². The van der Waals surface area contributed by atoms with Crippen molar-refractivity contribution in [2.75, 3.05) is 0 Å². The number of benzene rings is 8. The van der Waals surface area contributed by atoms with Gasteiger partial charge in [-0.1, -0.05) is 139 Å². The van der Waals surface area contributed by atoms with E-state index in [-0.39, 0.29) is 66.9 Å². The number of nitrogens with zero attached hydrogens (tertiary/aromatic N) is 3. The van der Waals surface area contributed by atoms with Gasteiger partial charge >= 0.3 is 0 Å². The zero-order valence-corrected chi connectivity index (χ0v) is 29.1. The van der Waals surface area contributed by atoms with Crippen molar-refractivity contribution in [3.63, 3.8) is 0 Å². The molecule has 8 aromatic carbocycles. The third-order valence-corrected chi connectivity index (χ3v) is 9.48. The molecule has 5 nitrogen and oxygen atoms in total. The van der Waals surface area contributed by atoms with E-state index in [9.17, 15) is 6.85 Å². The molecule has 0 saturated heterocycles. The maximum Gasteiger partial charge on any atom is 0.164 e. The Labute approximate surface area is 340 Å². The molecule has 0 aliphatic rings. The highest BCUT2D eigenvalue weighted by molar-refractivity contribution is 6.09. The second-order valence-electron chi connectivity index (χ2n) is 13.0. The summed E-state index contributed by atoms with van der Waals surface area (Å²) in [6.07, 6.45) is 0. The van der Waals surface area contributed by atoms with Gasteiger partial charge in [-0.2, -0.15) is 0 Å². The number of hydrogen-bond donors (Lipinski definition) is 0. The third kappa shape index (κ3) is 5.62. The van der Waals surface area contributed by atoms with Crippen LogP contribution in [0.25, 0.3) is 111 Å². The van der Waals surface area contributed by atoms with Crippen molar-refractivity contribution in [2.24, 2.45) is 0 Å². The number of para-hydroxylation sites is 1. The van der Waals surface area contributed by atoms with E-state index in [0.29, 0.717) is 11.1 Å². The first-order valence-corrected chi connectivity index (χ1v) is 17.6. The number of hydrogen-bond acceptors (Lipinski definition) is 5. The predicted molar refractivity (Wildman–Crippen MR) is 227 cm³/mol. The van der Waals surface area contributed by atoms with Crippen LogP contribution >= 0.6 is 0 Å². The molecule has 0 saturated carbocycles. The van der Waals surface area contributed by atoms with E-state index in [2.05, 4.69) is 0 Å². The Balaban J connectivity index is 1.14. The Hall–Kier alpha value is -7.63. The summed E-state index contributed by atoms with van der Waals surface area (Å²) in [4.78, 5) is 14.5. The third-order valence-electron chi connectivity index (χ3n) is 9.48. The lowest BCUT2D eigenvalue weighted by molar-refractivity contribution is 0.668. The Kier molecular flexibility index (Phi) is 4.96. The molecule has 56 heavy (non-hydrogen) atoms. The first-order valence-electron chi connectivity index (χ1n) is 24.1. The van der Waals surface area contributed by atoms with E-state index in [4.69, 9.17) is 34.8 Å². The molecule has 0 spiro atoms. The maximum atomic E-state index is 9.57. The van der Waals surface area contributed by atoms with Crippen LogP contribution in [-0.2, 0) is 0 Å². The van der Waals surface area contributed by atoms with Crippen molar-refractivity contribution in [3.8, 4) is 67.5 Å². The molecular weight excluding hydrogens is 687 g/mol. The Morgan fingerprint density at radius 2 is 0.804 bits per heavy atom. The fourth-order valence-corrected chi connectivity index (χ4v) is 6.71. The molecule has 11 aromatic rings. The van der Waals surface area contributed by atoms with Crippen molar-refractivity contribution in [1.82, 2.24) is 15.0 Å². The summed E-state index contributed by atoms with van der Waals surface area (Å²) in [6.45, 7) is 0. The molecule has 0 unspecified atom stereocenters. The van der Waals surface area contributed by atoms with Crippen LogP contribution in [0.4, 0.5) is 0 Å². The van der Waals surface area contributed by atoms with Crippen LogP contribution in [0, 0.1) is 0 Å². The summed E-state index contributed by atoms with van der Waals surface area (Å²) in [7, 11) is 0. The highest BCUT2D eigenvalue weighted by Crippen LogP contribution is 2.37. The van der Waals surface area contributed by atoms with Gasteiger partial charge in [-0.25, -0.2) is 15.0 Å². The fraction of sp³-hybridized carbons (Fsp3) is 0. The number of rotatable bonds is 6. The Bertz CT molecular complexity index is 3990. The minimum Gasteiger partial charge on any atom is -0.456 e. The molecule has 3 aromatic heterocycles. The van der Waals surface area contributed by atoms with Crippen LogP contribution in [0.2, 0.25) is 0 Å². The number of furan rings is 2. The van der Waals surface area contributed by atoms with Crippen LogP contribution in [0.15, 0.2) is 197 Å². The molecule has 0 amide bonds. The van der Waals surface area contributed by atoms with Gasteiger partial charge in [0.25, 0.3) is 0 Å². The molecular formula is C51H31N3O2. The van der Waals surface area contributed by atoms with Gasteiger partial charge in [0.2, 0.25) is 0 Å². The van der Waals surface area contributed by atoms with Gasteiger partial charge in [-0.15, -0.1) is 0 Å². The fourth-order valence-electron chi connectivity index (χ4n) is 6.71. The van der Waals surface area contributed by atoms with Crippen molar-refractivity contribution in [2.45, 2.75) is 0 Å². The van der Waals surface area contributed by atoms with Crippen molar-refractivity contribution < 1.29 is 26.7 Å². The minimum absolute atomic E-state index is 0.128. The van der Waals surface area contributed by atoms with Crippen LogP contribution in [0.5, 0.6) is 0 Å². The lowest BCUT2D eigenvalue weighted by Crippen LogP contribution is -2.00. The summed E-state index contributed by atoms with van der Waals surface area (Å²) in [5.74, 6) is 0.296. The smallest absolute Gasteiger partial charge is 0.164 e. The molecule has 3 heterocycles. The molecule has 0 aliphatic carbocycles. The van der Waals surface area contributed by atoms with E-state index in [1.165, 1.54) is 0 Å². The summed E-state index contributed by atoms with van der Waals surface area (Å²) >= 11 is 0. The summed E-state index contributed by atoms with van der Waals surface area (Å²) in [5.41, 5.74) is 2.44. The highest BCUT2D eigenvalue weighted by Gasteiger charge is 2.17. The van der Waals surface area contributed by atoms with E-state index in [1.54, 1.807) is 0 Å². The number of fused-ring (bicyclic) bond motifs is 6.